The van der Waals surface area contributed by atoms with Crippen molar-refractivity contribution in [3.63, 3.8) is 0 Å². The highest BCUT2D eigenvalue weighted by molar-refractivity contribution is 6.31. The summed E-state index contributed by atoms with van der Waals surface area (Å²) in [6, 6.07) is 7.30. The van der Waals surface area contributed by atoms with Crippen molar-refractivity contribution in [3.05, 3.63) is 47.0 Å². The Kier molecular flexibility index (Phi) is 4.32. The molecule has 6 atom stereocenters. The Balaban J connectivity index is 1.52. The van der Waals surface area contributed by atoms with Gasteiger partial charge in [0.15, 0.2) is 0 Å². The van der Waals surface area contributed by atoms with Gasteiger partial charge in [0, 0.05) is 10.6 Å². The zero-order valence-electron chi connectivity index (χ0n) is 14.1. The van der Waals surface area contributed by atoms with E-state index in [1.54, 1.807) is 13.0 Å². The molecule has 5 rings (SSSR count). The molecule has 0 N–H and O–H groups in total. The predicted octanol–water partition coefficient (Wildman–Crippen LogP) is 3.63. The molecule has 2 fully saturated rings. The van der Waals surface area contributed by atoms with Crippen molar-refractivity contribution >= 4 is 23.5 Å². The number of benzene rings is 1. The first-order valence-corrected chi connectivity index (χ1v) is 9.24. The fourth-order valence-electron chi connectivity index (χ4n) is 4.62. The Morgan fingerprint density at radius 2 is 1.64 bits per heavy atom. The van der Waals surface area contributed by atoms with Crippen LogP contribution >= 0.6 is 11.6 Å². The number of carbonyl (C=O) groups is 2. The van der Waals surface area contributed by atoms with Crippen molar-refractivity contribution < 1.29 is 19.1 Å². The van der Waals surface area contributed by atoms with Crippen LogP contribution in [0.1, 0.15) is 18.9 Å². The van der Waals surface area contributed by atoms with Crippen molar-refractivity contribution in [1.82, 2.24) is 0 Å². The number of hydrogen-bond donors (Lipinski definition) is 0. The van der Waals surface area contributed by atoms with E-state index in [2.05, 4.69) is 12.2 Å². The number of rotatable bonds is 5. The molecule has 2 saturated carbocycles. The molecule has 0 aromatic heterocycles. The van der Waals surface area contributed by atoms with Crippen LogP contribution in [-0.4, -0.2) is 18.5 Å². The Bertz CT molecular complexity index is 728. The molecule has 0 aliphatic heterocycles. The lowest BCUT2D eigenvalue weighted by molar-refractivity contribution is -0.168. The first kappa shape index (κ1) is 16.6. The van der Waals surface area contributed by atoms with Gasteiger partial charge >= 0.3 is 11.9 Å². The molecule has 4 aliphatic rings. The van der Waals surface area contributed by atoms with Gasteiger partial charge in [-0.25, -0.2) is 0 Å². The average molecular weight is 361 g/mol. The summed E-state index contributed by atoms with van der Waals surface area (Å²) in [5.74, 6) is -0.224. The third-order valence-electron chi connectivity index (χ3n) is 5.81. The lowest BCUT2D eigenvalue weighted by Crippen LogP contribution is -2.47. The SMILES string of the molecule is CCOC(=O)[C@@H]1[C@@H]2C=C[C@@H]([C@@H]3C[C@H]23)[C@@H]1C(=O)OCc1ccccc1Cl. The van der Waals surface area contributed by atoms with E-state index in [0.717, 1.165) is 12.0 Å². The number of ether oxygens (including phenoxy) is 2. The molecule has 4 nitrogen and oxygen atoms in total. The van der Waals surface area contributed by atoms with Gasteiger partial charge in [0.05, 0.1) is 18.4 Å². The van der Waals surface area contributed by atoms with Gasteiger partial charge in [0.25, 0.3) is 0 Å². The number of carbonyl (C=O) groups excluding carboxylic acids is 2. The highest BCUT2D eigenvalue weighted by Crippen LogP contribution is 2.63. The second-order valence-corrected chi connectivity index (χ2v) is 7.51. The van der Waals surface area contributed by atoms with Gasteiger partial charge in [-0.3, -0.25) is 9.59 Å². The zero-order valence-corrected chi connectivity index (χ0v) is 14.8. The smallest absolute Gasteiger partial charge is 0.310 e. The van der Waals surface area contributed by atoms with Crippen LogP contribution in [0.3, 0.4) is 0 Å². The van der Waals surface area contributed by atoms with Gasteiger partial charge in [-0.1, -0.05) is 42.0 Å². The first-order chi connectivity index (χ1) is 12.1. The first-order valence-electron chi connectivity index (χ1n) is 8.86. The van der Waals surface area contributed by atoms with E-state index in [1.165, 1.54) is 0 Å². The van der Waals surface area contributed by atoms with E-state index < -0.39 is 11.8 Å². The molecule has 2 bridgehead atoms. The van der Waals surface area contributed by atoms with Crippen LogP contribution in [-0.2, 0) is 25.7 Å². The number of allylic oxidation sites excluding steroid dienone is 2. The van der Waals surface area contributed by atoms with E-state index in [4.69, 9.17) is 21.1 Å². The standard InChI is InChI=1S/C20H21ClO4/c1-2-24-19(22)17-12-7-8-13(15-9-14(12)15)18(17)20(23)25-10-11-5-3-4-6-16(11)21/h3-8,12-15,17-18H,2,9-10H2,1H3/t12-,13+,14-,15+,17-,18+/m1/s1. The van der Waals surface area contributed by atoms with E-state index in [-0.39, 0.29) is 30.4 Å². The molecule has 0 unspecified atom stereocenters. The lowest BCUT2D eigenvalue weighted by Gasteiger charge is -2.41. The van der Waals surface area contributed by atoms with Crippen LogP contribution in [0.2, 0.25) is 5.02 Å². The topological polar surface area (TPSA) is 52.6 Å². The van der Waals surface area contributed by atoms with Crippen LogP contribution in [0.5, 0.6) is 0 Å². The fraction of sp³-hybridized carbons (Fsp3) is 0.500. The summed E-state index contributed by atoms with van der Waals surface area (Å²) in [6.07, 6.45) is 5.31. The lowest BCUT2D eigenvalue weighted by atomic mass is 9.62. The molecule has 132 valence electrons. The van der Waals surface area contributed by atoms with E-state index >= 15 is 0 Å². The van der Waals surface area contributed by atoms with Gasteiger partial charge in [-0.2, -0.15) is 0 Å². The minimum Gasteiger partial charge on any atom is -0.466 e. The summed E-state index contributed by atoms with van der Waals surface area (Å²) < 4.78 is 10.8. The molecule has 0 spiro atoms. The van der Waals surface area contributed by atoms with Crippen LogP contribution < -0.4 is 0 Å². The second kappa shape index (κ2) is 6.49. The second-order valence-electron chi connectivity index (χ2n) is 7.11. The van der Waals surface area contributed by atoms with Crippen LogP contribution in [0.15, 0.2) is 36.4 Å². The summed E-state index contributed by atoms with van der Waals surface area (Å²) in [4.78, 5) is 25.4. The third-order valence-corrected chi connectivity index (χ3v) is 6.18. The van der Waals surface area contributed by atoms with Gasteiger partial charge in [-0.05, 0) is 43.1 Å². The van der Waals surface area contributed by atoms with Crippen molar-refractivity contribution in [2.24, 2.45) is 35.5 Å². The van der Waals surface area contributed by atoms with Crippen LogP contribution in [0, 0.1) is 35.5 Å². The summed E-state index contributed by atoms with van der Waals surface area (Å²) >= 11 is 6.13. The number of esters is 2. The van der Waals surface area contributed by atoms with Crippen molar-refractivity contribution in [1.29, 1.82) is 0 Å². The number of hydrogen-bond acceptors (Lipinski definition) is 4. The Morgan fingerprint density at radius 1 is 1.04 bits per heavy atom. The quantitative estimate of drug-likeness (QED) is 0.594. The summed E-state index contributed by atoms with van der Waals surface area (Å²) in [7, 11) is 0. The summed E-state index contributed by atoms with van der Waals surface area (Å²) in [5.41, 5.74) is 0.769. The van der Waals surface area contributed by atoms with E-state index in [9.17, 15) is 9.59 Å². The molecule has 1 aromatic carbocycles. The molecule has 0 heterocycles. The molecular formula is C20H21ClO4. The molecule has 0 radical (unpaired) electrons. The van der Waals surface area contributed by atoms with Gasteiger partial charge < -0.3 is 9.47 Å². The number of halogens is 1. The Labute approximate surface area is 152 Å². The Hall–Kier alpha value is -1.81. The maximum atomic E-state index is 12.8. The van der Waals surface area contributed by atoms with E-state index in [1.807, 2.05) is 18.2 Å². The van der Waals surface area contributed by atoms with E-state index in [0.29, 0.717) is 23.5 Å². The summed E-state index contributed by atoms with van der Waals surface area (Å²) in [5, 5.41) is 0.574. The third kappa shape index (κ3) is 2.86. The van der Waals surface area contributed by atoms with Crippen LogP contribution in [0.25, 0.3) is 0 Å². The predicted molar refractivity (Wildman–Crippen MR) is 92.6 cm³/mol. The minimum atomic E-state index is -0.444. The van der Waals surface area contributed by atoms with Gasteiger partial charge in [0.2, 0.25) is 0 Å². The van der Waals surface area contributed by atoms with Crippen molar-refractivity contribution in [2.45, 2.75) is 20.0 Å². The average Bonchev–Trinajstić information content (AvgIpc) is 3.43. The zero-order chi connectivity index (χ0) is 17.6. The highest BCUT2D eigenvalue weighted by atomic mass is 35.5. The fourth-order valence-corrected chi connectivity index (χ4v) is 4.81. The van der Waals surface area contributed by atoms with Crippen LogP contribution in [0.4, 0.5) is 0 Å². The molecule has 0 amide bonds. The molecule has 1 aromatic rings. The monoisotopic (exact) mass is 360 g/mol. The largest absolute Gasteiger partial charge is 0.466 e. The number of fused-ring (bicyclic) bond motifs is 1. The van der Waals surface area contributed by atoms with Gasteiger partial charge in [0.1, 0.15) is 6.61 Å². The highest BCUT2D eigenvalue weighted by Gasteiger charge is 2.63. The molecule has 25 heavy (non-hydrogen) atoms. The molecule has 5 heteroatoms. The van der Waals surface area contributed by atoms with Crippen molar-refractivity contribution in [3.8, 4) is 0 Å². The molecule has 4 aliphatic carbocycles. The molecular weight excluding hydrogens is 340 g/mol. The van der Waals surface area contributed by atoms with Crippen molar-refractivity contribution in [2.75, 3.05) is 6.61 Å². The maximum Gasteiger partial charge on any atom is 0.310 e. The molecule has 0 saturated heterocycles. The summed E-state index contributed by atoms with van der Waals surface area (Å²) in [6.45, 7) is 2.24. The Morgan fingerprint density at radius 3 is 2.24 bits per heavy atom. The van der Waals surface area contributed by atoms with Gasteiger partial charge in [-0.15, -0.1) is 0 Å². The maximum absolute atomic E-state index is 12.8. The normalized spacial score (nSPS) is 34.3. The minimum absolute atomic E-state index is 0.0863.